The molecular formula is C27H26F4N2O8S. The third-order valence-electron chi connectivity index (χ3n) is 6.39. The smallest absolute Gasteiger partial charge is 0.453 e. The Morgan fingerprint density at radius 1 is 1.07 bits per heavy atom. The molecule has 0 radical (unpaired) electrons. The Hall–Kier alpha value is -3.69. The van der Waals surface area contributed by atoms with Crippen molar-refractivity contribution in [3.8, 4) is 17.2 Å². The van der Waals surface area contributed by atoms with Crippen molar-refractivity contribution in [1.29, 1.82) is 0 Å². The first kappa shape index (κ1) is 29.8. The zero-order chi connectivity index (χ0) is 30.5. The highest BCUT2D eigenvalue weighted by Gasteiger charge is 2.50. The van der Waals surface area contributed by atoms with Gasteiger partial charge in [-0.15, -0.1) is 0 Å². The predicted octanol–water partition coefficient (Wildman–Crippen LogP) is 5.16. The maximum absolute atomic E-state index is 15.6. The van der Waals surface area contributed by atoms with E-state index in [9.17, 15) is 26.4 Å². The number of alkyl carbamates (subject to hydrolysis) is 1. The van der Waals surface area contributed by atoms with Crippen LogP contribution in [-0.2, 0) is 29.9 Å². The normalized spacial score (nSPS) is 20.5. The topological polar surface area (TPSA) is 122 Å². The maximum Gasteiger partial charge on any atom is 0.534 e. The molecule has 5 rings (SSSR count). The van der Waals surface area contributed by atoms with E-state index in [4.69, 9.17) is 23.9 Å². The largest absolute Gasteiger partial charge is 0.534 e. The van der Waals surface area contributed by atoms with Crippen molar-refractivity contribution in [2.75, 3.05) is 26.4 Å². The highest BCUT2D eigenvalue weighted by Crippen LogP contribution is 2.52. The number of nitrogens with zero attached hydrogens (tertiary/aromatic N) is 1. The van der Waals surface area contributed by atoms with Crippen LogP contribution in [0.4, 0.5) is 22.4 Å². The summed E-state index contributed by atoms with van der Waals surface area (Å²) in [4.78, 5) is 17.2. The number of amidine groups is 1. The molecule has 0 saturated heterocycles. The fourth-order valence-corrected chi connectivity index (χ4v) is 5.15. The summed E-state index contributed by atoms with van der Waals surface area (Å²) in [6.45, 7) is 5.21. The highest BCUT2D eigenvalue weighted by atomic mass is 32.2. The van der Waals surface area contributed by atoms with E-state index in [1.807, 2.05) is 6.08 Å². The quantitative estimate of drug-likeness (QED) is 0.286. The fraction of sp³-hybridized carbons (Fsp3) is 0.407. The molecule has 10 nitrogen and oxygen atoms in total. The van der Waals surface area contributed by atoms with Gasteiger partial charge in [0.2, 0.25) is 0 Å². The molecule has 1 N–H and O–H groups in total. The van der Waals surface area contributed by atoms with Crippen LogP contribution in [0.3, 0.4) is 0 Å². The van der Waals surface area contributed by atoms with Gasteiger partial charge in [-0.05, 0) is 68.7 Å². The Morgan fingerprint density at radius 2 is 1.83 bits per heavy atom. The molecule has 226 valence electrons. The van der Waals surface area contributed by atoms with Crippen molar-refractivity contribution in [2.24, 2.45) is 4.99 Å². The number of rotatable bonds is 3. The van der Waals surface area contributed by atoms with Gasteiger partial charge in [0.1, 0.15) is 35.1 Å². The second-order valence-corrected chi connectivity index (χ2v) is 12.2. The molecule has 2 aromatic carbocycles. The van der Waals surface area contributed by atoms with Crippen LogP contribution in [0.5, 0.6) is 17.2 Å². The minimum atomic E-state index is -6.01. The molecular weight excluding hydrogens is 588 g/mol. The van der Waals surface area contributed by atoms with Crippen molar-refractivity contribution in [1.82, 2.24) is 5.32 Å². The SMILES string of the molecule is CC(C)(C)OC(=O)NC1=NC2(COC1)c1cc(OS(=O)(=O)C(F)(F)F)ccc1Oc1c(F)cc(C3=CCCOC3)cc12. The number of aliphatic imine (C=N–C) groups is 1. The molecule has 2 aromatic rings. The van der Waals surface area contributed by atoms with Crippen molar-refractivity contribution in [3.63, 3.8) is 0 Å². The van der Waals surface area contributed by atoms with Crippen LogP contribution >= 0.6 is 0 Å². The average molecular weight is 615 g/mol. The number of benzene rings is 2. The number of fused-ring (bicyclic) bond motifs is 4. The Bertz CT molecular complexity index is 1600. The highest BCUT2D eigenvalue weighted by molar-refractivity contribution is 7.88. The lowest BCUT2D eigenvalue weighted by atomic mass is 9.79. The number of alkyl halides is 3. The lowest BCUT2D eigenvalue weighted by molar-refractivity contribution is -0.0500. The lowest BCUT2D eigenvalue weighted by Gasteiger charge is -2.40. The van der Waals surface area contributed by atoms with Crippen LogP contribution in [0, 0.1) is 5.82 Å². The summed E-state index contributed by atoms with van der Waals surface area (Å²) in [5.41, 5.74) is -6.99. The van der Waals surface area contributed by atoms with E-state index in [1.165, 1.54) is 6.07 Å². The summed E-state index contributed by atoms with van der Waals surface area (Å²) < 4.78 is 105. The molecule has 0 aromatic heterocycles. The molecule has 3 aliphatic heterocycles. The van der Waals surface area contributed by atoms with E-state index >= 15 is 4.39 Å². The summed E-state index contributed by atoms with van der Waals surface area (Å²) in [6.07, 6.45) is 1.63. The third kappa shape index (κ3) is 5.80. The average Bonchev–Trinajstić information content (AvgIpc) is 2.88. The summed E-state index contributed by atoms with van der Waals surface area (Å²) in [7, 11) is -6.01. The second-order valence-electron chi connectivity index (χ2n) is 10.7. The summed E-state index contributed by atoms with van der Waals surface area (Å²) >= 11 is 0. The molecule has 1 spiro atoms. The van der Waals surface area contributed by atoms with Gasteiger partial charge in [-0.3, -0.25) is 10.3 Å². The van der Waals surface area contributed by atoms with E-state index in [-0.39, 0.29) is 48.3 Å². The van der Waals surface area contributed by atoms with Crippen molar-refractivity contribution in [3.05, 3.63) is 58.9 Å². The molecule has 42 heavy (non-hydrogen) atoms. The van der Waals surface area contributed by atoms with Crippen LogP contribution in [0.25, 0.3) is 5.57 Å². The molecule has 3 aliphatic rings. The summed E-state index contributed by atoms with van der Waals surface area (Å²) in [5, 5.41) is 2.50. The molecule has 1 amide bonds. The van der Waals surface area contributed by atoms with E-state index in [0.717, 1.165) is 18.2 Å². The molecule has 0 fully saturated rings. The molecule has 0 bridgehead atoms. The van der Waals surface area contributed by atoms with Gasteiger partial charge in [0.25, 0.3) is 0 Å². The predicted molar refractivity (Wildman–Crippen MR) is 140 cm³/mol. The monoisotopic (exact) mass is 614 g/mol. The number of carbonyl (C=O) groups excluding carboxylic acids is 1. The van der Waals surface area contributed by atoms with Gasteiger partial charge in [-0.25, -0.2) is 9.18 Å². The first-order valence-corrected chi connectivity index (χ1v) is 14.1. The van der Waals surface area contributed by atoms with Crippen molar-refractivity contribution >= 4 is 27.6 Å². The molecule has 1 atom stereocenters. The Labute approximate surface area is 238 Å². The standard InChI is InChI=1S/C27H26F4N2O8S/c1-25(2,3)40-24(34)32-22-13-38-14-26(33-22)18-11-17(41-42(35,36)27(29,30)31)6-7-21(18)39-23-19(26)9-16(10-20(23)28)15-5-4-8-37-12-15/h5-7,9-11H,4,8,12-14H2,1-3H3,(H,32,33,34). The first-order valence-electron chi connectivity index (χ1n) is 12.7. The van der Waals surface area contributed by atoms with Crippen LogP contribution in [0.2, 0.25) is 0 Å². The van der Waals surface area contributed by atoms with Gasteiger partial charge >= 0.3 is 21.7 Å². The van der Waals surface area contributed by atoms with E-state index in [1.54, 1.807) is 26.8 Å². The van der Waals surface area contributed by atoms with Gasteiger partial charge in [0.15, 0.2) is 11.6 Å². The maximum atomic E-state index is 15.6. The Balaban J connectivity index is 1.68. The summed E-state index contributed by atoms with van der Waals surface area (Å²) in [6, 6.07) is 5.92. The van der Waals surface area contributed by atoms with Crippen molar-refractivity contribution in [2.45, 2.75) is 43.8 Å². The van der Waals surface area contributed by atoms with Gasteiger partial charge < -0.3 is 23.1 Å². The fourth-order valence-electron chi connectivity index (χ4n) is 4.70. The van der Waals surface area contributed by atoms with E-state index in [0.29, 0.717) is 24.2 Å². The third-order valence-corrected chi connectivity index (χ3v) is 7.37. The minimum absolute atomic E-state index is 0.0125. The minimum Gasteiger partial charge on any atom is -0.453 e. The first-order chi connectivity index (χ1) is 19.6. The molecule has 15 heteroatoms. The number of amides is 1. The zero-order valence-electron chi connectivity index (χ0n) is 22.6. The number of ether oxygens (including phenoxy) is 4. The Morgan fingerprint density at radius 3 is 2.50 bits per heavy atom. The van der Waals surface area contributed by atoms with Gasteiger partial charge in [0, 0.05) is 11.1 Å². The van der Waals surface area contributed by atoms with E-state index < -0.39 is 44.4 Å². The van der Waals surface area contributed by atoms with Crippen molar-refractivity contribution < 1.29 is 53.9 Å². The van der Waals surface area contributed by atoms with Gasteiger partial charge in [0.05, 0.1) is 19.8 Å². The molecule has 3 heterocycles. The van der Waals surface area contributed by atoms with Crippen LogP contribution < -0.4 is 14.2 Å². The van der Waals surface area contributed by atoms with Gasteiger partial charge in [-0.2, -0.15) is 21.6 Å². The van der Waals surface area contributed by atoms with Crippen LogP contribution in [0.15, 0.2) is 41.4 Å². The van der Waals surface area contributed by atoms with Crippen LogP contribution in [-0.4, -0.2) is 57.9 Å². The summed E-state index contributed by atoms with van der Waals surface area (Å²) in [5.74, 6) is -1.76. The number of hydrogen-bond acceptors (Lipinski definition) is 9. The number of halogens is 4. The zero-order valence-corrected chi connectivity index (χ0v) is 23.4. The number of hydrogen-bond donors (Lipinski definition) is 1. The van der Waals surface area contributed by atoms with E-state index in [2.05, 4.69) is 9.50 Å². The molecule has 0 aliphatic carbocycles. The molecule has 0 saturated carbocycles. The van der Waals surface area contributed by atoms with Gasteiger partial charge in [-0.1, -0.05) is 6.08 Å². The molecule has 1 unspecified atom stereocenters. The van der Waals surface area contributed by atoms with Crippen LogP contribution in [0.1, 0.15) is 43.9 Å². The second kappa shape index (κ2) is 10.5. The number of carbonyl (C=O) groups is 1. The lowest BCUT2D eigenvalue weighted by Crippen LogP contribution is -2.46. The number of nitrogens with one attached hydrogen (secondary N) is 1. The Kier molecular flexibility index (Phi) is 7.48.